The molecule has 0 aliphatic carbocycles. The molecule has 0 radical (unpaired) electrons. The van der Waals surface area contributed by atoms with Gasteiger partial charge >= 0.3 is 0 Å². The number of para-hydroxylation sites is 1. The molecule has 0 bridgehead atoms. The van der Waals surface area contributed by atoms with Gasteiger partial charge in [0.05, 0.1) is 6.61 Å². The number of nitrogens with zero attached hydrogens (tertiary/aromatic N) is 1. The molecule has 0 atom stereocenters. The molecule has 3 rings (SSSR count). The summed E-state index contributed by atoms with van der Waals surface area (Å²) in [5.74, 6) is 0.942. The summed E-state index contributed by atoms with van der Waals surface area (Å²) in [5.41, 5.74) is 2.77. The summed E-state index contributed by atoms with van der Waals surface area (Å²) in [6.45, 7) is 3.35. The van der Waals surface area contributed by atoms with Crippen molar-refractivity contribution in [2.24, 2.45) is 0 Å². The first-order valence-electron chi connectivity index (χ1n) is 6.92. The van der Waals surface area contributed by atoms with E-state index in [0.29, 0.717) is 13.2 Å². The fourth-order valence-corrected chi connectivity index (χ4v) is 2.53. The fraction of sp³-hybridized carbons (Fsp3) is 0.235. The molecule has 1 amide bonds. The normalized spacial score (nSPS) is 12.7. The standard InChI is InChI=1S/C17H17NO2/c1-2-18(15-6-4-3-5-7-15)17(19)14-8-9-16-13(12-14)10-11-20-16/h3-9,12H,2,10-11H2,1H3. The van der Waals surface area contributed by atoms with Gasteiger partial charge < -0.3 is 9.64 Å². The molecule has 3 heteroatoms. The minimum absolute atomic E-state index is 0.0356. The number of hydrogen-bond donors (Lipinski definition) is 0. The topological polar surface area (TPSA) is 29.5 Å². The quantitative estimate of drug-likeness (QED) is 0.854. The van der Waals surface area contributed by atoms with Crippen LogP contribution in [0.2, 0.25) is 0 Å². The molecule has 0 saturated heterocycles. The van der Waals surface area contributed by atoms with Crippen LogP contribution in [0.1, 0.15) is 22.8 Å². The lowest BCUT2D eigenvalue weighted by molar-refractivity contribution is 0.0988. The summed E-state index contributed by atoms with van der Waals surface area (Å²) in [5, 5.41) is 0. The van der Waals surface area contributed by atoms with Gasteiger partial charge in [-0.2, -0.15) is 0 Å². The lowest BCUT2D eigenvalue weighted by Crippen LogP contribution is -2.30. The second-order valence-corrected chi connectivity index (χ2v) is 4.81. The van der Waals surface area contributed by atoms with Crippen molar-refractivity contribution in [3.8, 4) is 5.75 Å². The number of carbonyl (C=O) groups is 1. The van der Waals surface area contributed by atoms with Crippen LogP contribution in [-0.4, -0.2) is 19.1 Å². The zero-order chi connectivity index (χ0) is 13.9. The highest BCUT2D eigenvalue weighted by molar-refractivity contribution is 6.06. The van der Waals surface area contributed by atoms with Crippen LogP contribution in [0.15, 0.2) is 48.5 Å². The average Bonchev–Trinajstić information content (AvgIpc) is 2.96. The zero-order valence-corrected chi connectivity index (χ0v) is 11.5. The Balaban J connectivity index is 1.91. The molecule has 0 unspecified atom stereocenters. The van der Waals surface area contributed by atoms with E-state index in [1.807, 2.05) is 55.5 Å². The third kappa shape index (κ3) is 2.27. The van der Waals surface area contributed by atoms with Gasteiger partial charge in [-0.15, -0.1) is 0 Å². The second kappa shape index (κ2) is 5.37. The summed E-state index contributed by atoms with van der Waals surface area (Å²) < 4.78 is 5.48. The van der Waals surface area contributed by atoms with Gasteiger partial charge in [0.25, 0.3) is 5.91 Å². The molecule has 2 aromatic rings. The van der Waals surface area contributed by atoms with Crippen molar-refractivity contribution in [1.82, 2.24) is 0 Å². The molecular weight excluding hydrogens is 250 g/mol. The van der Waals surface area contributed by atoms with E-state index in [9.17, 15) is 4.79 Å². The maximum Gasteiger partial charge on any atom is 0.258 e. The lowest BCUT2D eigenvalue weighted by Gasteiger charge is -2.21. The van der Waals surface area contributed by atoms with Crippen LogP contribution in [0.25, 0.3) is 0 Å². The summed E-state index contributed by atoms with van der Waals surface area (Å²) in [7, 11) is 0. The predicted octanol–water partition coefficient (Wildman–Crippen LogP) is 3.29. The van der Waals surface area contributed by atoms with E-state index >= 15 is 0 Å². The average molecular weight is 267 g/mol. The fourth-order valence-electron chi connectivity index (χ4n) is 2.53. The van der Waals surface area contributed by atoms with Crippen molar-refractivity contribution in [2.75, 3.05) is 18.1 Å². The van der Waals surface area contributed by atoms with Crippen LogP contribution in [0.5, 0.6) is 5.75 Å². The number of amides is 1. The Bertz CT molecular complexity index is 622. The van der Waals surface area contributed by atoms with Crippen LogP contribution in [0, 0.1) is 0 Å². The van der Waals surface area contributed by atoms with Crippen molar-refractivity contribution < 1.29 is 9.53 Å². The molecular formula is C17H17NO2. The van der Waals surface area contributed by atoms with Gasteiger partial charge in [0.15, 0.2) is 0 Å². The second-order valence-electron chi connectivity index (χ2n) is 4.81. The smallest absolute Gasteiger partial charge is 0.258 e. The molecule has 1 aliphatic rings. The summed E-state index contributed by atoms with van der Waals surface area (Å²) >= 11 is 0. The van der Waals surface area contributed by atoms with Crippen molar-refractivity contribution in [2.45, 2.75) is 13.3 Å². The van der Waals surface area contributed by atoms with Crippen LogP contribution in [0.4, 0.5) is 5.69 Å². The van der Waals surface area contributed by atoms with Crippen LogP contribution in [-0.2, 0) is 6.42 Å². The molecule has 3 nitrogen and oxygen atoms in total. The van der Waals surface area contributed by atoms with E-state index in [-0.39, 0.29) is 5.91 Å². The Kier molecular flexibility index (Phi) is 3.42. The minimum atomic E-state index is 0.0356. The van der Waals surface area contributed by atoms with Gasteiger partial charge in [0.2, 0.25) is 0 Å². The maximum atomic E-state index is 12.7. The number of hydrogen-bond acceptors (Lipinski definition) is 2. The molecule has 0 fully saturated rings. The highest BCUT2D eigenvalue weighted by Crippen LogP contribution is 2.27. The first-order chi connectivity index (χ1) is 9.79. The lowest BCUT2D eigenvalue weighted by atomic mass is 10.1. The van der Waals surface area contributed by atoms with Gasteiger partial charge in [0.1, 0.15) is 5.75 Å². The Morgan fingerprint density at radius 1 is 1.20 bits per heavy atom. The van der Waals surface area contributed by atoms with Crippen molar-refractivity contribution in [3.05, 3.63) is 59.7 Å². The van der Waals surface area contributed by atoms with Gasteiger partial charge in [-0.25, -0.2) is 0 Å². The summed E-state index contributed by atoms with van der Waals surface area (Å²) in [6.07, 6.45) is 0.883. The van der Waals surface area contributed by atoms with Gasteiger partial charge in [-0.1, -0.05) is 18.2 Å². The third-order valence-corrected chi connectivity index (χ3v) is 3.57. The van der Waals surface area contributed by atoms with Crippen LogP contribution < -0.4 is 9.64 Å². The maximum absolute atomic E-state index is 12.7. The monoisotopic (exact) mass is 267 g/mol. The number of anilines is 1. The van der Waals surface area contributed by atoms with Gasteiger partial charge in [-0.05, 0) is 42.8 Å². The van der Waals surface area contributed by atoms with Gasteiger partial charge in [0, 0.05) is 24.2 Å². The van der Waals surface area contributed by atoms with Crippen LogP contribution >= 0.6 is 0 Å². The number of ether oxygens (including phenoxy) is 1. The third-order valence-electron chi connectivity index (χ3n) is 3.57. The molecule has 0 N–H and O–H groups in total. The first kappa shape index (κ1) is 12.7. The summed E-state index contributed by atoms with van der Waals surface area (Å²) in [6, 6.07) is 15.5. The zero-order valence-electron chi connectivity index (χ0n) is 11.5. The largest absolute Gasteiger partial charge is 0.493 e. The van der Waals surface area contributed by atoms with E-state index < -0.39 is 0 Å². The van der Waals surface area contributed by atoms with Crippen LogP contribution in [0.3, 0.4) is 0 Å². The highest BCUT2D eigenvalue weighted by Gasteiger charge is 2.19. The van der Waals surface area contributed by atoms with Crippen molar-refractivity contribution in [1.29, 1.82) is 0 Å². The summed E-state index contributed by atoms with van der Waals surface area (Å²) in [4.78, 5) is 14.5. The van der Waals surface area contributed by atoms with E-state index in [1.54, 1.807) is 4.90 Å². The molecule has 1 heterocycles. The number of fused-ring (bicyclic) bond motifs is 1. The molecule has 1 aliphatic heterocycles. The SMILES string of the molecule is CCN(C(=O)c1ccc2c(c1)CCO2)c1ccccc1. The molecule has 20 heavy (non-hydrogen) atoms. The molecule has 0 saturated carbocycles. The highest BCUT2D eigenvalue weighted by atomic mass is 16.5. The van der Waals surface area contributed by atoms with Gasteiger partial charge in [-0.3, -0.25) is 4.79 Å². The molecule has 0 spiro atoms. The minimum Gasteiger partial charge on any atom is -0.493 e. The Labute approximate surface area is 118 Å². The molecule has 2 aromatic carbocycles. The number of rotatable bonds is 3. The number of benzene rings is 2. The van der Waals surface area contributed by atoms with E-state index in [4.69, 9.17) is 4.74 Å². The van der Waals surface area contributed by atoms with Crippen molar-refractivity contribution in [3.63, 3.8) is 0 Å². The van der Waals surface area contributed by atoms with E-state index in [2.05, 4.69) is 0 Å². The first-order valence-corrected chi connectivity index (χ1v) is 6.92. The van der Waals surface area contributed by atoms with E-state index in [1.165, 1.54) is 0 Å². The Morgan fingerprint density at radius 2 is 2.00 bits per heavy atom. The molecule has 102 valence electrons. The predicted molar refractivity (Wildman–Crippen MR) is 79.4 cm³/mol. The van der Waals surface area contributed by atoms with E-state index in [0.717, 1.165) is 29.0 Å². The number of carbonyl (C=O) groups excluding carboxylic acids is 1. The Hall–Kier alpha value is -2.29. The van der Waals surface area contributed by atoms with Crippen molar-refractivity contribution >= 4 is 11.6 Å². The Morgan fingerprint density at radius 3 is 2.75 bits per heavy atom. The molecule has 0 aromatic heterocycles.